The Kier molecular flexibility index (Phi) is 5.45. The molecule has 1 aliphatic carbocycles. The van der Waals surface area contributed by atoms with E-state index in [1.165, 1.54) is 35.2 Å². The third-order valence-electron chi connectivity index (χ3n) is 5.78. The van der Waals surface area contributed by atoms with Crippen molar-refractivity contribution in [2.45, 2.75) is 24.7 Å². The maximum atomic E-state index is 4.65. The van der Waals surface area contributed by atoms with Crippen LogP contribution in [0.5, 0.6) is 0 Å². The van der Waals surface area contributed by atoms with Crippen LogP contribution in [-0.4, -0.2) is 32.2 Å². The molecule has 1 aromatic heterocycles. The van der Waals surface area contributed by atoms with Gasteiger partial charge in [0, 0.05) is 43.5 Å². The molecule has 0 unspecified atom stereocenters. The van der Waals surface area contributed by atoms with E-state index in [9.17, 15) is 0 Å². The van der Waals surface area contributed by atoms with Crippen LogP contribution in [-0.2, 0) is 11.8 Å². The predicted octanol–water partition coefficient (Wildman–Crippen LogP) is 4.68. The van der Waals surface area contributed by atoms with E-state index in [4.69, 9.17) is 0 Å². The Morgan fingerprint density at radius 1 is 0.964 bits per heavy atom. The minimum Gasteiger partial charge on any atom is -0.378 e. The first-order valence-corrected chi connectivity index (χ1v) is 10.2. The molecule has 1 aliphatic rings. The van der Waals surface area contributed by atoms with Gasteiger partial charge in [0.15, 0.2) is 0 Å². The lowest BCUT2D eigenvalue weighted by Gasteiger charge is -2.18. The second-order valence-corrected chi connectivity index (χ2v) is 8.07. The van der Waals surface area contributed by atoms with Gasteiger partial charge in [-0.2, -0.15) is 0 Å². The Bertz CT molecular complexity index is 914. The van der Waals surface area contributed by atoms with Crippen molar-refractivity contribution in [1.29, 1.82) is 0 Å². The lowest BCUT2D eigenvalue weighted by atomic mass is 9.95. The zero-order chi connectivity index (χ0) is 19.4. The Hall–Kier alpha value is -2.65. The van der Waals surface area contributed by atoms with E-state index in [0.29, 0.717) is 0 Å². The van der Waals surface area contributed by atoms with Crippen LogP contribution in [0, 0.1) is 0 Å². The molecule has 0 atom stereocenters. The number of benzene rings is 2. The number of aromatic nitrogens is 1. The van der Waals surface area contributed by atoms with Crippen molar-refractivity contribution >= 4 is 5.69 Å². The molecule has 1 heterocycles. The highest BCUT2D eigenvalue weighted by Gasteiger charge is 2.43. The largest absolute Gasteiger partial charge is 0.378 e. The molecule has 1 saturated carbocycles. The fourth-order valence-electron chi connectivity index (χ4n) is 3.79. The number of pyridine rings is 1. The number of rotatable bonds is 8. The number of nitrogens with one attached hydrogen (secondary N) is 1. The minimum absolute atomic E-state index is 0.285. The van der Waals surface area contributed by atoms with E-state index in [1.54, 1.807) is 0 Å². The first-order chi connectivity index (χ1) is 13.7. The van der Waals surface area contributed by atoms with E-state index in [1.807, 2.05) is 6.20 Å². The Labute approximate surface area is 168 Å². The molecule has 1 N–H and O–H groups in total. The van der Waals surface area contributed by atoms with Gasteiger partial charge in [-0.15, -0.1) is 0 Å². The Morgan fingerprint density at radius 3 is 2.54 bits per heavy atom. The number of anilines is 1. The molecular weight excluding hydrogens is 342 g/mol. The molecule has 0 saturated heterocycles. The van der Waals surface area contributed by atoms with Crippen LogP contribution in [0.3, 0.4) is 0 Å². The SMILES string of the molecule is CN(C)c1cccc(-c2cc(C3(CNCCc4ccccc4)CC3)ccn2)c1. The fraction of sp³-hybridized carbons (Fsp3) is 0.320. The summed E-state index contributed by atoms with van der Waals surface area (Å²) in [7, 11) is 4.15. The van der Waals surface area contributed by atoms with E-state index in [2.05, 4.69) is 96.0 Å². The average Bonchev–Trinajstić information content (AvgIpc) is 3.53. The molecule has 0 spiro atoms. The van der Waals surface area contributed by atoms with Crippen LogP contribution in [0.4, 0.5) is 5.69 Å². The lowest BCUT2D eigenvalue weighted by Crippen LogP contribution is -2.28. The second-order valence-electron chi connectivity index (χ2n) is 8.07. The van der Waals surface area contributed by atoms with Gasteiger partial charge in [0.1, 0.15) is 0 Å². The molecule has 3 nitrogen and oxygen atoms in total. The van der Waals surface area contributed by atoms with Gasteiger partial charge in [-0.05, 0) is 61.2 Å². The summed E-state index contributed by atoms with van der Waals surface area (Å²) in [6, 6.07) is 23.8. The van der Waals surface area contributed by atoms with Gasteiger partial charge >= 0.3 is 0 Å². The summed E-state index contributed by atoms with van der Waals surface area (Å²) >= 11 is 0. The molecule has 28 heavy (non-hydrogen) atoms. The highest BCUT2D eigenvalue weighted by molar-refractivity contribution is 5.66. The summed E-state index contributed by atoms with van der Waals surface area (Å²) in [5.41, 5.74) is 6.55. The maximum absolute atomic E-state index is 4.65. The van der Waals surface area contributed by atoms with Crippen LogP contribution in [0.25, 0.3) is 11.3 Å². The van der Waals surface area contributed by atoms with Crippen LogP contribution in [0.15, 0.2) is 72.9 Å². The second kappa shape index (κ2) is 8.15. The summed E-state index contributed by atoms with van der Waals surface area (Å²) in [6.07, 6.45) is 5.56. The quantitative estimate of drug-likeness (QED) is 0.583. The molecule has 3 heteroatoms. The van der Waals surface area contributed by atoms with Crippen LogP contribution in [0.2, 0.25) is 0 Å². The van der Waals surface area contributed by atoms with Gasteiger partial charge in [0.25, 0.3) is 0 Å². The molecule has 0 amide bonds. The average molecular weight is 372 g/mol. The minimum atomic E-state index is 0.285. The van der Waals surface area contributed by atoms with Crippen LogP contribution >= 0.6 is 0 Å². The third kappa shape index (κ3) is 4.26. The highest BCUT2D eigenvalue weighted by Crippen LogP contribution is 2.48. The summed E-state index contributed by atoms with van der Waals surface area (Å²) in [6.45, 7) is 2.07. The third-order valence-corrected chi connectivity index (χ3v) is 5.78. The molecule has 0 radical (unpaired) electrons. The topological polar surface area (TPSA) is 28.2 Å². The fourth-order valence-corrected chi connectivity index (χ4v) is 3.79. The maximum Gasteiger partial charge on any atom is 0.0705 e. The van der Waals surface area contributed by atoms with Crippen LogP contribution < -0.4 is 10.2 Å². The normalized spacial score (nSPS) is 14.6. The van der Waals surface area contributed by atoms with E-state index in [0.717, 1.165) is 25.2 Å². The van der Waals surface area contributed by atoms with Gasteiger partial charge in [0.2, 0.25) is 0 Å². The number of nitrogens with zero attached hydrogens (tertiary/aromatic N) is 2. The zero-order valence-corrected chi connectivity index (χ0v) is 16.9. The smallest absolute Gasteiger partial charge is 0.0705 e. The van der Waals surface area contributed by atoms with Gasteiger partial charge in [0.05, 0.1) is 5.69 Å². The van der Waals surface area contributed by atoms with Gasteiger partial charge < -0.3 is 10.2 Å². The van der Waals surface area contributed by atoms with Crippen molar-refractivity contribution < 1.29 is 0 Å². The van der Waals surface area contributed by atoms with Gasteiger partial charge in [-0.3, -0.25) is 4.98 Å². The lowest BCUT2D eigenvalue weighted by molar-refractivity contribution is 0.575. The van der Waals surface area contributed by atoms with Crippen molar-refractivity contribution in [3.8, 4) is 11.3 Å². The molecule has 3 aromatic rings. The molecule has 1 fully saturated rings. The van der Waals surface area contributed by atoms with Gasteiger partial charge in [-0.1, -0.05) is 42.5 Å². The first kappa shape index (κ1) is 18.7. The van der Waals surface area contributed by atoms with Crippen molar-refractivity contribution in [3.05, 3.63) is 84.1 Å². The molecule has 0 aliphatic heterocycles. The van der Waals surface area contributed by atoms with Crippen molar-refractivity contribution in [2.24, 2.45) is 0 Å². The summed E-state index contributed by atoms with van der Waals surface area (Å²) in [4.78, 5) is 6.78. The molecule has 2 aromatic carbocycles. The van der Waals surface area contributed by atoms with Crippen molar-refractivity contribution in [3.63, 3.8) is 0 Å². The number of hydrogen-bond acceptors (Lipinski definition) is 3. The van der Waals surface area contributed by atoms with Gasteiger partial charge in [-0.25, -0.2) is 0 Å². The molecule has 4 rings (SSSR count). The highest BCUT2D eigenvalue weighted by atomic mass is 15.1. The van der Waals surface area contributed by atoms with E-state index >= 15 is 0 Å². The summed E-state index contributed by atoms with van der Waals surface area (Å²) in [5, 5.41) is 3.69. The van der Waals surface area contributed by atoms with E-state index < -0.39 is 0 Å². The molecule has 144 valence electrons. The molecule has 0 bridgehead atoms. The predicted molar refractivity (Wildman–Crippen MR) is 118 cm³/mol. The number of hydrogen-bond donors (Lipinski definition) is 1. The first-order valence-electron chi connectivity index (χ1n) is 10.2. The van der Waals surface area contributed by atoms with Crippen molar-refractivity contribution in [2.75, 3.05) is 32.1 Å². The monoisotopic (exact) mass is 371 g/mol. The molecular formula is C25H29N3. The Balaban J connectivity index is 1.43. The van der Waals surface area contributed by atoms with Crippen LogP contribution in [0.1, 0.15) is 24.0 Å². The Morgan fingerprint density at radius 2 is 1.79 bits per heavy atom. The van der Waals surface area contributed by atoms with Crippen molar-refractivity contribution in [1.82, 2.24) is 10.3 Å². The standard InChI is InChI=1S/C25H29N3/c1-28(2)23-10-6-9-21(17-23)24-18-22(12-16-27-24)25(13-14-25)19-26-15-11-20-7-4-3-5-8-20/h3-10,12,16-18,26H,11,13-15,19H2,1-2H3. The summed E-state index contributed by atoms with van der Waals surface area (Å²) in [5.74, 6) is 0. The van der Waals surface area contributed by atoms with E-state index in [-0.39, 0.29) is 5.41 Å². The summed E-state index contributed by atoms with van der Waals surface area (Å²) < 4.78 is 0. The zero-order valence-electron chi connectivity index (χ0n) is 16.9.